The summed E-state index contributed by atoms with van der Waals surface area (Å²) in [5.41, 5.74) is 5.40. The molecule has 1 unspecified atom stereocenters. The molecule has 2 aromatic heterocycles. The first-order valence-electron chi connectivity index (χ1n) is 5.08. The largest absolute Gasteiger partial charge is 0.384 e. The Hall–Kier alpha value is -2.00. The van der Waals surface area contributed by atoms with E-state index in [4.69, 9.17) is 5.73 Å². The smallest absolute Gasteiger partial charge is 0.242 e. The van der Waals surface area contributed by atoms with Crippen molar-refractivity contribution in [2.45, 2.75) is 17.9 Å². The number of nitrogen functional groups attached to an aromatic ring is 1. The molecule has 0 saturated carbocycles. The molecule has 9 heteroatoms. The number of pyridine rings is 1. The van der Waals surface area contributed by atoms with E-state index in [1.54, 1.807) is 6.92 Å². The molecule has 0 aliphatic heterocycles. The Morgan fingerprint density at radius 3 is 2.72 bits per heavy atom. The van der Waals surface area contributed by atoms with Crippen molar-refractivity contribution in [2.75, 3.05) is 5.73 Å². The van der Waals surface area contributed by atoms with Gasteiger partial charge in [0.2, 0.25) is 10.0 Å². The second-order valence-corrected chi connectivity index (χ2v) is 5.35. The molecule has 0 spiro atoms. The van der Waals surface area contributed by atoms with Gasteiger partial charge in [0, 0.05) is 6.20 Å². The van der Waals surface area contributed by atoms with Gasteiger partial charge < -0.3 is 5.73 Å². The third-order valence-electron chi connectivity index (χ3n) is 2.25. The van der Waals surface area contributed by atoms with Gasteiger partial charge in [-0.3, -0.25) is 5.10 Å². The highest BCUT2D eigenvalue weighted by Crippen LogP contribution is 2.13. The molecule has 0 amide bonds. The lowest BCUT2D eigenvalue weighted by Gasteiger charge is -2.11. The zero-order valence-corrected chi connectivity index (χ0v) is 10.3. The lowest BCUT2D eigenvalue weighted by Crippen LogP contribution is -2.27. The van der Waals surface area contributed by atoms with Gasteiger partial charge in [0.25, 0.3) is 0 Å². The average Bonchev–Trinajstić information content (AvgIpc) is 2.82. The molecule has 96 valence electrons. The van der Waals surface area contributed by atoms with Crippen molar-refractivity contribution in [1.82, 2.24) is 24.9 Å². The first-order chi connectivity index (χ1) is 8.49. The van der Waals surface area contributed by atoms with E-state index in [1.807, 2.05) is 0 Å². The van der Waals surface area contributed by atoms with Gasteiger partial charge in [0.15, 0.2) is 0 Å². The van der Waals surface area contributed by atoms with Crippen LogP contribution in [-0.2, 0) is 10.0 Å². The van der Waals surface area contributed by atoms with Crippen molar-refractivity contribution in [3.63, 3.8) is 0 Å². The molecule has 4 N–H and O–H groups in total. The molecule has 0 fully saturated rings. The van der Waals surface area contributed by atoms with Crippen LogP contribution in [0.1, 0.15) is 18.8 Å². The molecular formula is C9H12N6O2S. The van der Waals surface area contributed by atoms with Gasteiger partial charge >= 0.3 is 0 Å². The molecule has 8 nitrogen and oxygen atoms in total. The maximum atomic E-state index is 12.0. The Kier molecular flexibility index (Phi) is 3.26. The van der Waals surface area contributed by atoms with E-state index in [1.165, 1.54) is 24.7 Å². The summed E-state index contributed by atoms with van der Waals surface area (Å²) in [6.45, 7) is 1.66. The molecule has 0 aliphatic carbocycles. The Morgan fingerprint density at radius 1 is 1.39 bits per heavy atom. The Bertz CT molecular complexity index is 607. The predicted octanol–water partition coefficient (Wildman–Crippen LogP) is -0.179. The minimum absolute atomic E-state index is 0.0445. The van der Waals surface area contributed by atoms with Gasteiger partial charge in [-0.15, -0.1) is 0 Å². The lowest BCUT2D eigenvalue weighted by atomic mass is 10.3. The van der Waals surface area contributed by atoms with Crippen LogP contribution in [0.15, 0.2) is 29.6 Å². The van der Waals surface area contributed by atoms with Crippen LogP contribution >= 0.6 is 0 Å². The summed E-state index contributed by atoms with van der Waals surface area (Å²) in [5.74, 6) is 0.694. The number of aromatic nitrogens is 4. The van der Waals surface area contributed by atoms with E-state index in [9.17, 15) is 8.42 Å². The van der Waals surface area contributed by atoms with Gasteiger partial charge in [0.05, 0.1) is 6.04 Å². The topological polar surface area (TPSA) is 127 Å². The first-order valence-corrected chi connectivity index (χ1v) is 6.56. The molecule has 0 aliphatic rings. The maximum Gasteiger partial charge on any atom is 0.242 e. The number of nitrogens with two attached hydrogens (primary N) is 1. The number of anilines is 1. The second-order valence-electron chi connectivity index (χ2n) is 3.63. The fourth-order valence-corrected chi connectivity index (χ4v) is 2.48. The van der Waals surface area contributed by atoms with Gasteiger partial charge in [0.1, 0.15) is 22.9 Å². The highest BCUT2D eigenvalue weighted by atomic mass is 32.2. The number of sulfonamides is 1. The number of nitrogens with one attached hydrogen (secondary N) is 2. The van der Waals surface area contributed by atoms with E-state index < -0.39 is 16.1 Å². The van der Waals surface area contributed by atoms with Gasteiger partial charge in [-0.1, -0.05) is 0 Å². The van der Waals surface area contributed by atoms with Gasteiger partial charge in [-0.25, -0.2) is 23.1 Å². The molecule has 0 aromatic carbocycles. The van der Waals surface area contributed by atoms with Crippen LogP contribution < -0.4 is 10.5 Å². The van der Waals surface area contributed by atoms with Crippen molar-refractivity contribution in [1.29, 1.82) is 0 Å². The number of hydrogen-bond donors (Lipinski definition) is 3. The fraction of sp³-hybridized carbons (Fsp3) is 0.222. The summed E-state index contributed by atoms with van der Waals surface area (Å²) in [7, 11) is -3.66. The highest BCUT2D eigenvalue weighted by Gasteiger charge is 2.20. The molecule has 2 rings (SSSR count). The van der Waals surface area contributed by atoms with Crippen LogP contribution in [0.25, 0.3) is 0 Å². The maximum absolute atomic E-state index is 12.0. The van der Waals surface area contributed by atoms with Crippen molar-refractivity contribution < 1.29 is 8.42 Å². The standard InChI is InChI=1S/C9H12N6O2S/c1-6(9-12-5-13-14-9)15-18(16,17)7-2-3-8(10)11-4-7/h2-6,15H,1H3,(H2,10,11)(H,12,13,14). The van der Waals surface area contributed by atoms with Crippen LogP contribution in [0.3, 0.4) is 0 Å². The van der Waals surface area contributed by atoms with Crippen molar-refractivity contribution in [3.05, 3.63) is 30.5 Å². The predicted molar refractivity (Wildman–Crippen MR) is 63.8 cm³/mol. The Labute approximate surface area is 104 Å². The number of H-pyrrole nitrogens is 1. The third-order valence-corrected chi connectivity index (χ3v) is 3.77. The summed E-state index contributed by atoms with van der Waals surface area (Å²) >= 11 is 0. The number of rotatable bonds is 4. The van der Waals surface area contributed by atoms with E-state index >= 15 is 0 Å². The summed E-state index contributed by atoms with van der Waals surface area (Å²) < 4.78 is 26.4. The molecular weight excluding hydrogens is 256 g/mol. The number of hydrogen-bond acceptors (Lipinski definition) is 6. The molecule has 2 aromatic rings. The number of aromatic amines is 1. The van der Waals surface area contributed by atoms with Crippen LogP contribution in [0, 0.1) is 0 Å². The fourth-order valence-electron chi connectivity index (χ4n) is 1.33. The van der Waals surface area contributed by atoms with E-state index in [2.05, 4.69) is 24.9 Å². The summed E-state index contributed by atoms with van der Waals surface area (Å²) in [6.07, 6.45) is 2.51. The molecule has 0 radical (unpaired) electrons. The molecule has 0 bridgehead atoms. The molecule has 1 atom stereocenters. The van der Waals surface area contributed by atoms with E-state index in [-0.39, 0.29) is 10.7 Å². The Balaban J connectivity index is 2.20. The van der Waals surface area contributed by atoms with Gasteiger partial charge in [-0.2, -0.15) is 5.10 Å². The van der Waals surface area contributed by atoms with E-state index in [0.717, 1.165) is 0 Å². The first kappa shape index (κ1) is 12.5. The summed E-state index contributed by atoms with van der Waals surface area (Å²) in [6, 6.07) is 2.29. The van der Waals surface area contributed by atoms with Crippen molar-refractivity contribution >= 4 is 15.8 Å². The average molecular weight is 268 g/mol. The summed E-state index contributed by atoms with van der Waals surface area (Å²) in [5, 5.41) is 6.25. The van der Waals surface area contributed by atoms with Crippen LogP contribution in [0.2, 0.25) is 0 Å². The van der Waals surface area contributed by atoms with Crippen LogP contribution in [0.4, 0.5) is 5.82 Å². The lowest BCUT2D eigenvalue weighted by molar-refractivity contribution is 0.560. The molecule has 18 heavy (non-hydrogen) atoms. The van der Waals surface area contributed by atoms with Crippen LogP contribution in [-0.4, -0.2) is 28.6 Å². The van der Waals surface area contributed by atoms with Crippen molar-refractivity contribution in [2.24, 2.45) is 0 Å². The molecule has 2 heterocycles. The normalized spacial score (nSPS) is 13.4. The van der Waals surface area contributed by atoms with E-state index in [0.29, 0.717) is 5.82 Å². The minimum atomic E-state index is -3.66. The quantitative estimate of drug-likeness (QED) is 0.706. The molecule has 0 saturated heterocycles. The second kappa shape index (κ2) is 4.70. The number of nitrogens with zero attached hydrogens (tertiary/aromatic N) is 3. The monoisotopic (exact) mass is 268 g/mol. The van der Waals surface area contributed by atoms with Crippen LogP contribution in [0.5, 0.6) is 0 Å². The zero-order chi connectivity index (χ0) is 13.2. The summed E-state index contributed by atoms with van der Waals surface area (Å²) in [4.78, 5) is 7.66. The highest BCUT2D eigenvalue weighted by molar-refractivity contribution is 7.89. The minimum Gasteiger partial charge on any atom is -0.384 e. The SMILES string of the molecule is CC(NS(=O)(=O)c1ccc(N)nc1)c1ncn[nH]1. The Morgan fingerprint density at radius 2 is 2.17 bits per heavy atom. The zero-order valence-electron chi connectivity index (χ0n) is 9.53. The third kappa shape index (κ3) is 2.63. The van der Waals surface area contributed by atoms with Crippen molar-refractivity contribution in [3.8, 4) is 0 Å². The van der Waals surface area contributed by atoms with Gasteiger partial charge in [-0.05, 0) is 19.1 Å².